The van der Waals surface area contributed by atoms with Crippen molar-refractivity contribution >= 4 is 5.91 Å². The average molecular weight is 403 g/mol. The normalized spacial score (nSPS) is 22.9. The summed E-state index contributed by atoms with van der Waals surface area (Å²) in [6.07, 6.45) is 12.6. The van der Waals surface area contributed by atoms with E-state index in [1.54, 1.807) is 0 Å². The first-order valence-electron chi connectivity index (χ1n) is 11.4. The molecule has 1 aliphatic carbocycles. The number of primary amides is 1. The highest BCUT2D eigenvalue weighted by Gasteiger charge is 2.26. The summed E-state index contributed by atoms with van der Waals surface area (Å²) in [5.41, 5.74) is 7.71. The van der Waals surface area contributed by atoms with Crippen molar-refractivity contribution in [2.75, 3.05) is 32.8 Å². The molecule has 2 heterocycles. The maximum atomic E-state index is 11.7. The summed E-state index contributed by atoms with van der Waals surface area (Å²) >= 11 is 0. The fourth-order valence-electron chi connectivity index (χ4n) is 4.87. The molecule has 1 saturated carbocycles. The average Bonchev–Trinajstić information content (AvgIpc) is 2.71. The molecule has 2 fully saturated rings. The van der Waals surface area contributed by atoms with Crippen molar-refractivity contribution in [3.63, 3.8) is 0 Å². The number of amides is 1. The lowest BCUT2D eigenvalue weighted by molar-refractivity contribution is -0.119. The maximum absolute atomic E-state index is 11.7. The minimum absolute atomic E-state index is 0.0488. The first-order valence-corrected chi connectivity index (χ1v) is 11.4. The molecule has 3 rings (SSSR count). The number of carbonyl (C=O) groups is 1. The van der Waals surface area contributed by atoms with E-state index in [-0.39, 0.29) is 11.8 Å². The van der Waals surface area contributed by atoms with Gasteiger partial charge in [-0.15, -0.1) is 0 Å². The van der Waals surface area contributed by atoms with E-state index >= 15 is 0 Å². The predicted octanol–water partition coefficient (Wildman–Crippen LogP) is 4.31. The number of nitrogens with two attached hydrogens (primary N) is 1. The lowest BCUT2D eigenvalue weighted by atomic mass is 9.84. The molecule has 1 atom stereocenters. The fourth-order valence-corrected chi connectivity index (χ4v) is 4.87. The Bertz CT molecular complexity index is 641. The van der Waals surface area contributed by atoms with Gasteiger partial charge in [0.25, 0.3) is 0 Å². The summed E-state index contributed by atoms with van der Waals surface area (Å²) in [4.78, 5) is 14.1. The second kappa shape index (κ2) is 11.0. The van der Waals surface area contributed by atoms with E-state index in [1.165, 1.54) is 38.5 Å². The van der Waals surface area contributed by atoms with Gasteiger partial charge in [0.1, 0.15) is 11.5 Å². The molecule has 1 saturated heterocycles. The molecule has 0 aromatic rings. The zero-order valence-electron chi connectivity index (χ0n) is 18.1. The molecule has 2 aliphatic heterocycles. The van der Waals surface area contributed by atoms with Crippen LogP contribution in [-0.2, 0) is 14.3 Å². The van der Waals surface area contributed by atoms with Gasteiger partial charge in [-0.3, -0.25) is 9.69 Å². The largest absolute Gasteiger partial charge is 0.466 e. The molecule has 2 N–H and O–H groups in total. The van der Waals surface area contributed by atoms with Crippen LogP contribution in [0.2, 0.25) is 0 Å². The molecular weight excluding hydrogens is 364 g/mol. The van der Waals surface area contributed by atoms with Gasteiger partial charge in [0.2, 0.25) is 5.91 Å². The highest BCUT2D eigenvalue weighted by molar-refractivity contribution is 5.74. The van der Waals surface area contributed by atoms with Gasteiger partial charge in [-0.05, 0) is 30.9 Å². The van der Waals surface area contributed by atoms with Crippen LogP contribution < -0.4 is 5.73 Å². The van der Waals surface area contributed by atoms with Crippen LogP contribution >= 0.6 is 0 Å². The van der Waals surface area contributed by atoms with Crippen LogP contribution in [0.3, 0.4) is 0 Å². The van der Waals surface area contributed by atoms with Crippen LogP contribution in [0.4, 0.5) is 0 Å². The van der Waals surface area contributed by atoms with Crippen LogP contribution in [0.15, 0.2) is 35.3 Å². The number of allylic oxidation sites excluding steroid dienone is 3. The predicted molar refractivity (Wildman–Crippen MR) is 116 cm³/mol. The third kappa shape index (κ3) is 6.71. The van der Waals surface area contributed by atoms with Crippen molar-refractivity contribution in [3.05, 3.63) is 35.3 Å². The van der Waals surface area contributed by atoms with Crippen molar-refractivity contribution < 1.29 is 14.3 Å². The molecule has 0 aromatic heterocycles. The Balaban J connectivity index is 1.58. The lowest BCUT2D eigenvalue weighted by Crippen LogP contribution is -2.38. The Kier molecular flexibility index (Phi) is 8.37. The number of morpholine rings is 1. The van der Waals surface area contributed by atoms with Gasteiger partial charge >= 0.3 is 0 Å². The monoisotopic (exact) mass is 402 g/mol. The summed E-state index contributed by atoms with van der Waals surface area (Å²) in [7, 11) is 0. The smallest absolute Gasteiger partial charge is 0.218 e. The standard InChI is InChI=1S/C24H38N2O3/c1-18-15-23(29-19(2)22(18)17-26-11-13-28-14-12-26)21(16-24(25)27)10-6-9-20-7-4-3-5-8-20/h15,20-21H,1,3-14,16-17H2,2H3,(H2,25,27). The van der Waals surface area contributed by atoms with Crippen LogP contribution in [0.25, 0.3) is 0 Å². The Morgan fingerprint density at radius 3 is 2.66 bits per heavy atom. The Labute approximate surface area is 176 Å². The molecule has 162 valence electrons. The van der Waals surface area contributed by atoms with Crippen LogP contribution in [0, 0.1) is 11.8 Å². The van der Waals surface area contributed by atoms with Gasteiger partial charge in [-0.25, -0.2) is 0 Å². The Morgan fingerprint density at radius 1 is 1.28 bits per heavy atom. The summed E-state index contributed by atoms with van der Waals surface area (Å²) in [6, 6.07) is 0. The van der Waals surface area contributed by atoms with E-state index < -0.39 is 0 Å². The van der Waals surface area contributed by atoms with Crippen molar-refractivity contribution in [1.82, 2.24) is 4.90 Å². The number of hydrogen-bond acceptors (Lipinski definition) is 4. The molecule has 3 aliphatic rings. The SMILES string of the molecule is C=C1C=C(C(CCCC2CCCCC2)CC(N)=O)OC(C)=C1CN1CCOCC1. The van der Waals surface area contributed by atoms with E-state index in [2.05, 4.69) is 11.5 Å². The van der Waals surface area contributed by atoms with Crippen molar-refractivity contribution in [2.45, 2.75) is 64.7 Å². The zero-order valence-corrected chi connectivity index (χ0v) is 18.1. The minimum Gasteiger partial charge on any atom is -0.466 e. The van der Waals surface area contributed by atoms with Gasteiger partial charge in [0, 0.05) is 37.5 Å². The quantitative estimate of drug-likeness (QED) is 0.624. The third-order valence-electron chi connectivity index (χ3n) is 6.63. The molecular formula is C24H38N2O3. The number of hydrogen-bond donors (Lipinski definition) is 1. The van der Waals surface area contributed by atoms with Gasteiger partial charge in [0.15, 0.2) is 0 Å². The number of ether oxygens (including phenoxy) is 2. The molecule has 5 nitrogen and oxygen atoms in total. The highest BCUT2D eigenvalue weighted by Crippen LogP contribution is 2.35. The van der Waals surface area contributed by atoms with E-state index in [1.807, 2.05) is 13.0 Å². The topological polar surface area (TPSA) is 64.8 Å². The second-order valence-electron chi connectivity index (χ2n) is 8.90. The molecule has 29 heavy (non-hydrogen) atoms. The van der Waals surface area contributed by atoms with Gasteiger partial charge in [0.05, 0.1) is 13.2 Å². The van der Waals surface area contributed by atoms with E-state index in [4.69, 9.17) is 15.2 Å². The molecule has 0 spiro atoms. The van der Waals surface area contributed by atoms with Crippen molar-refractivity contribution in [3.8, 4) is 0 Å². The number of nitrogens with zero attached hydrogens (tertiary/aromatic N) is 1. The van der Waals surface area contributed by atoms with Gasteiger partial charge in [-0.2, -0.15) is 0 Å². The summed E-state index contributed by atoms with van der Waals surface area (Å²) in [6.45, 7) is 10.6. The minimum atomic E-state index is -0.261. The lowest BCUT2D eigenvalue weighted by Gasteiger charge is -2.31. The zero-order chi connectivity index (χ0) is 20.6. The summed E-state index contributed by atoms with van der Waals surface area (Å²) < 4.78 is 11.7. The molecule has 0 aromatic carbocycles. The van der Waals surface area contributed by atoms with E-state index in [0.717, 1.165) is 74.3 Å². The van der Waals surface area contributed by atoms with Gasteiger partial charge in [-0.1, -0.05) is 51.5 Å². The first-order chi connectivity index (χ1) is 14.0. The first kappa shape index (κ1) is 22.1. The van der Waals surface area contributed by atoms with E-state index in [0.29, 0.717) is 6.42 Å². The third-order valence-corrected chi connectivity index (χ3v) is 6.63. The Hall–Kier alpha value is -1.59. The molecule has 0 radical (unpaired) electrons. The number of rotatable bonds is 9. The maximum Gasteiger partial charge on any atom is 0.218 e. The van der Waals surface area contributed by atoms with Crippen molar-refractivity contribution in [2.24, 2.45) is 17.6 Å². The van der Waals surface area contributed by atoms with Gasteiger partial charge < -0.3 is 15.2 Å². The molecule has 5 heteroatoms. The molecule has 1 unspecified atom stereocenters. The van der Waals surface area contributed by atoms with Crippen LogP contribution in [-0.4, -0.2) is 43.7 Å². The summed E-state index contributed by atoms with van der Waals surface area (Å²) in [5, 5.41) is 0. The highest BCUT2D eigenvalue weighted by atomic mass is 16.5. The number of carbonyl (C=O) groups excluding carboxylic acids is 1. The van der Waals surface area contributed by atoms with Crippen molar-refractivity contribution in [1.29, 1.82) is 0 Å². The molecule has 0 bridgehead atoms. The molecule has 1 amide bonds. The Morgan fingerprint density at radius 2 is 2.00 bits per heavy atom. The summed E-state index contributed by atoms with van der Waals surface area (Å²) in [5.74, 6) is 2.41. The van der Waals surface area contributed by atoms with E-state index in [9.17, 15) is 4.79 Å². The van der Waals surface area contributed by atoms with Crippen LogP contribution in [0.5, 0.6) is 0 Å². The second-order valence-corrected chi connectivity index (χ2v) is 8.90. The van der Waals surface area contributed by atoms with Crippen LogP contribution in [0.1, 0.15) is 64.7 Å². The fraction of sp³-hybridized carbons (Fsp3) is 0.708.